The Morgan fingerprint density at radius 2 is 1.00 bits per heavy atom. The summed E-state index contributed by atoms with van der Waals surface area (Å²) in [6.45, 7) is 0. The average molecular weight is 334 g/mol. The van der Waals surface area contributed by atoms with Crippen LogP contribution in [0, 0.1) is 0 Å². The van der Waals surface area contributed by atoms with Crippen LogP contribution in [0.15, 0.2) is 0 Å². The fourth-order valence-electron chi connectivity index (χ4n) is 0. The van der Waals surface area contributed by atoms with Crippen LogP contribution in [0.3, 0.4) is 0 Å². The van der Waals surface area contributed by atoms with Crippen molar-refractivity contribution in [2.45, 2.75) is 0 Å². The van der Waals surface area contributed by atoms with E-state index in [1.165, 1.54) is 0 Å². The molecule has 48 valence electrons. The predicted octanol–water partition coefficient (Wildman–Crippen LogP) is -13.3. The Morgan fingerprint density at radius 3 is 1.00 bits per heavy atom. The Morgan fingerprint density at radius 1 is 1.00 bits per heavy atom. The van der Waals surface area contributed by atoms with Gasteiger partial charge in [-0.05, 0) is 0 Å². The second-order valence-corrected chi connectivity index (χ2v) is 2.07. The van der Waals surface area contributed by atoms with Gasteiger partial charge in [0.15, 0.2) is 0 Å². The molecule has 0 aromatic carbocycles. The Hall–Kier alpha value is 4.83. The summed E-state index contributed by atoms with van der Waals surface area (Å²) in [5.41, 5.74) is 0. The third-order valence-electron chi connectivity index (χ3n) is 0. The van der Waals surface area contributed by atoms with Gasteiger partial charge in [0.2, 0.25) is 0 Å². The van der Waals surface area contributed by atoms with Crippen molar-refractivity contribution >= 4 is 9.17 Å². The molecule has 0 rings (SSSR count). The van der Waals surface area contributed by atoms with E-state index in [9.17, 15) is 0 Å². The quantitative estimate of drug-likeness (QED) is 0.406. The number of hydrogen-bond acceptors (Lipinski definition) is 6. The van der Waals surface area contributed by atoms with Gasteiger partial charge in [-0.3, -0.25) is 0 Å². The van der Waals surface area contributed by atoms with Gasteiger partial charge in [-0.1, -0.05) is 0 Å². The van der Waals surface area contributed by atoms with Crippen LogP contribution < -0.4 is 167 Å². The maximum absolute atomic E-state index is 8.60. The summed E-state index contributed by atoms with van der Waals surface area (Å²) < 4.78 is 34.3. The first-order valence-electron chi connectivity index (χ1n) is 1.16. The molecule has 0 saturated heterocycles. The van der Waals surface area contributed by atoms with Crippen molar-refractivity contribution in [3.63, 3.8) is 0 Å². The third-order valence-corrected chi connectivity index (χ3v) is 0. The van der Waals surface area contributed by atoms with Gasteiger partial charge in [-0.2, -0.15) is 0 Å². The van der Waals surface area contributed by atoms with Crippen LogP contribution >= 0.6 is 0 Å². The van der Waals surface area contributed by atoms with E-state index in [0.717, 1.165) is 0 Å². The molecule has 0 aliphatic heterocycles. The van der Waals surface area contributed by atoms with Gasteiger partial charge in [0.25, 0.3) is 0 Å². The first kappa shape index (κ1) is 29.7. The molecule has 0 aliphatic carbocycles. The molecular formula is K3NbO6Si. The van der Waals surface area contributed by atoms with Crippen LogP contribution in [-0.2, 0) is 29.7 Å². The molecule has 0 saturated carbocycles. The molecule has 0 aromatic heterocycles. The predicted molar refractivity (Wildman–Crippen MR) is 7.81 cm³/mol. The van der Waals surface area contributed by atoms with Gasteiger partial charge in [0, 0.05) is 9.17 Å². The molecule has 0 heterocycles. The molecule has 6 nitrogen and oxygen atoms in total. The Balaban J connectivity index is -0.0000000171. The number of rotatable bonds is 0. The molecule has 0 aliphatic rings. The summed E-state index contributed by atoms with van der Waals surface area (Å²) in [6, 6.07) is 0. The second-order valence-electron chi connectivity index (χ2n) is 0.474. The standard InChI is InChI=1S/3K.Nb.O3Si.3O/c;;;;1-4(2)3;;;/q3*+1;;-2;;;-1. The molecule has 0 N–H and O–H groups in total. The molecule has 0 radical (unpaired) electrons. The van der Waals surface area contributed by atoms with E-state index < -0.39 is 28.0 Å². The first-order chi connectivity index (χ1) is 3.46. The monoisotopic (exact) mass is 334 g/mol. The molecule has 11 heteroatoms. The summed E-state index contributed by atoms with van der Waals surface area (Å²) in [5, 5.41) is 0. The summed E-state index contributed by atoms with van der Waals surface area (Å²) in [5.74, 6) is 0. The molecular weight excluding hydrogens is 334 g/mol. The van der Waals surface area contributed by atoms with Gasteiger partial charge < -0.3 is 14.1 Å². The maximum atomic E-state index is 8.60. The van der Waals surface area contributed by atoms with E-state index in [1.807, 2.05) is 0 Å². The Labute approximate surface area is 199 Å². The van der Waals surface area contributed by atoms with Crippen LogP contribution in [0.5, 0.6) is 0 Å². The van der Waals surface area contributed by atoms with Gasteiger partial charge in [-0.25, -0.2) is 0 Å². The minimum absolute atomic E-state index is 0. The van der Waals surface area contributed by atoms with Crippen LogP contribution in [0.2, 0.25) is 0 Å². The Bertz CT molecular complexity index is 120. The normalized spacial score (nSPS) is 4.45. The van der Waals surface area contributed by atoms with Gasteiger partial charge in [0.1, 0.15) is 0 Å². The van der Waals surface area contributed by atoms with Gasteiger partial charge in [0.05, 0.1) is 0 Å². The van der Waals surface area contributed by atoms with Crippen molar-refractivity contribution in [1.82, 2.24) is 0 Å². The van der Waals surface area contributed by atoms with E-state index >= 15 is 0 Å². The van der Waals surface area contributed by atoms with Crippen molar-refractivity contribution < 1.29 is 197 Å². The Kier molecular flexibility index (Phi) is 65.2. The van der Waals surface area contributed by atoms with E-state index in [-0.39, 0.29) is 154 Å². The third kappa shape index (κ3) is 105. The fraction of sp³-hybridized carbons (Fsp3) is 0. The zero-order valence-corrected chi connectivity index (χ0v) is 19.0. The summed E-state index contributed by atoms with van der Waals surface area (Å²) in [6.07, 6.45) is 0. The molecule has 0 aromatic rings. The molecule has 0 bridgehead atoms. The number of hydrogen-bond donors (Lipinski definition) is 0. The molecule has 0 unspecified atom stereocenters. The van der Waals surface area contributed by atoms with Gasteiger partial charge in [-0.15, -0.1) is 0 Å². The first-order valence-corrected chi connectivity index (χ1v) is 5.08. The van der Waals surface area contributed by atoms with E-state index in [1.54, 1.807) is 0 Å². The zero-order chi connectivity index (χ0) is 7.15. The zero-order valence-electron chi connectivity index (χ0n) is 6.40. The average Bonchev–Trinajstić information content (AvgIpc) is 1.25. The summed E-state index contributed by atoms with van der Waals surface area (Å²) >= 11 is -4.20. The summed E-state index contributed by atoms with van der Waals surface area (Å²) in [7, 11) is -3.63. The van der Waals surface area contributed by atoms with E-state index in [2.05, 4.69) is 0 Å². The van der Waals surface area contributed by atoms with E-state index in [4.69, 9.17) is 24.2 Å². The molecule has 0 fully saturated rings. The SMILES string of the molecule is O=[Si]([O-])[O-].[K+].[K+].[K+].[O]=[Nb](=[O])[O-]. The van der Waals surface area contributed by atoms with Crippen LogP contribution in [0.4, 0.5) is 0 Å². The molecule has 11 heavy (non-hydrogen) atoms. The van der Waals surface area contributed by atoms with Crippen molar-refractivity contribution in [3.05, 3.63) is 0 Å². The van der Waals surface area contributed by atoms with Crippen LogP contribution in [-0.4, -0.2) is 9.17 Å². The minimum atomic E-state index is -4.20. The molecule has 0 atom stereocenters. The molecule has 0 spiro atoms. The van der Waals surface area contributed by atoms with Crippen LogP contribution in [0.25, 0.3) is 0 Å². The fourth-order valence-corrected chi connectivity index (χ4v) is 0. The van der Waals surface area contributed by atoms with Crippen molar-refractivity contribution in [2.75, 3.05) is 0 Å². The van der Waals surface area contributed by atoms with E-state index in [0.29, 0.717) is 0 Å². The summed E-state index contributed by atoms with van der Waals surface area (Å²) in [4.78, 5) is 17.0. The topological polar surface area (TPSA) is 120 Å². The van der Waals surface area contributed by atoms with Crippen molar-refractivity contribution in [3.8, 4) is 0 Å². The molecule has 0 amide bonds. The van der Waals surface area contributed by atoms with Gasteiger partial charge >= 0.3 is 183 Å². The van der Waals surface area contributed by atoms with Crippen LogP contribution in [0.1, 0.15) is 0 Å². The van der Waals surface area contributed by atoms with Crippen molar-refractivity contribution in [2.24, 2.45) is 0 Å². The van der Waals surface area contributed by atoms with Crippen molar-refractivity contribution in [1.29, 1.82) is 0 Å². The second kappa shape index (κ2) is 24.2.